The van der Waals surface area contributed by atoms with E-state index in [1.807, 2.05) is 37.3 Å². The molecule has 0 saturated carbocycles. The molecule has 3 rings (SSSR count). The van der Waals surface area contributed by atoms with Crippen molar-refractivity contribution in [2.24, 2.45) is 0 Å². The monoisotopic (exact) mass is 243 g/mol. The Labute approximate surface area is 104 Å². The van der Waals surface area contributed by atoms with Crippen molar-refractivity contribution in [3.8, 4) is 0 Å². The molecule has 1 atom stereocenters. The summed E-state index contributed by atoms with van der Waals surface area (Å²) in [6.07, 6.45) is 0. The summed E-state index contributed by atoms with van der Waals surface area (Å²) in [5.74, 6) is 0.736. The summed E-state index contributed by atoms with van der Waals surface area (Å²) in [7, 11) is 0. The van der Waals surface area contributed by atoms with Crippen molar-refractivity contribution < 1.29 is 9.32 Å². The molecule has 2 N–H and O–H groups in total. The number of aromatic nitrogens is 1. The molecule has 1 aromatic heterocycles. The number of nitrogens with one attached hydrogen (secondary N) is 2. The van der Waals surface area contributed by atoms with Crippen molar-refractivity contribution in [3.05, 3.63) is 47.3 Å². The number of carbonyl (C=O) groups excluding carboxylic acids is 1. The molecule has 18 heavy (non-hydrogen) atoms. The van der Waals surface area contributed by atoms with E-state index in [2.05, 4.69) is 15.8 Å². The number of benzene rings is 1. The normalized spacial score (nSPS) is 17.6. The van der Waals surface area contributed by atoms with Gasteiger partial charge in [-0.2, -0.15) is 0 Å². The highest BCUT2D eigenvalue weighted by Crippen LogP contribution is 2.30. The number of fused-ring (bicyclic) bond motifs is 1. The number of hydrogen-bond donors (Lipinski definition) is 2. The van der Waals surface area contributed by atoms with E-state index in [1.54, 1.807) is 0 Å². The Bertz CT molecular complexity index is 591. The number of para-hydroxylation sites is 1. The number of anilines is 1. The second-order valence-electron chi connectivity index (χ2n) is 4.32. The zero-order valence-electron chi connectivity index (χ0n) is 9.93. The molecule has 0 radical (unpaired) electrons. The van der Waals surface area contributed by atoms with Crippen LogP contribution in [0.5, 0.6) is 0 Å². The van der Waals surface area contributed by atoms with Gasteiger partial charge in [-0.15, -0.1) is 0 Å². The van der Waals surface area contributed by atoms with Crippen molar-refractivity contribution in [3.63, 3.8) is 0 Å². The van der Waals surface area contributed by atoms with Gasteiger partial charge in [-0.25, -0.2) is 0 Å². The molecule has 1 aliphatic rings. The number of hydrogen-bond acceptors (Lipinski definition) is 4. The minimum atomic E-state index is -0.321. The highest BCUT2D eigenvalue weighted by Gasteiger charge is 2.29. The Hall–Kier alpha value is -2.14. The minimum absolute atomic E-state index is 0.0311. The Morgan fingerprint density at radius 1 is 1.44 bits per heavy atom. The van der Waals surface area contributed by atoms with E-state index in [-0.39, 0.29) is 11.9 Å². The lowest BCUT2D eigenvalue weighted by Gasteiger charge is -2.09. The molecule has 0 bridgehead atoms. The van der Waals surface area contributed by atoms with Gasteiger partial charge in [-0.3, -0.25) is 10.1 Å². The Morgan fingerprint density at radius 3 is 3.06 bits per heavy atom. The molecule has 1 aliphatic heterocycles. The number of amides is 1. The first-order valence-electron chi connectivity index (χ1n) is 5.79. The van der Waals surface area contributed by atoms with Crippen LogP contribution in [-0.2, 0) is 11.3 Å². The first kappa shape index (κ1) is 11.0. The molecule has 0 fully saturated rings. The fourth-order valence-electron chi connectivity index (χ4n) is 2.12. The van der Waals surface area contributed by atoms with Gasteiger partial charge in [0.05, 0.1) is 5.69 Å². The maximum absolute atomic E-state index is 11.8. The summed E-state index contributed by atoms with van der Waals surface area (Å²) in [6, 6.07) is 9.20. The van der Waals surface area contributed by atoms with Gasteiger partial charge in [-0.1, -0.05) is 23.4 Å². The van der Waals surface area contributed by atoms with E-state index >= 15 is 0 Å². The third-order valence-corrected chi connectivity index (χ3v) is 2.96. The molecular formula is C13H13N3O2. The Kier molecular flexibility index (Phi) is 2.60. The second kappa shape index (κ2) is 4.27. The summed E-state index contributed by atoms with van der Waals surface area (Å²) in [4.78, 5) is 11.8. The molecule has 1 aromatic carbocycles. The summed E-state index contributed by atoms with van der Waals surface area (Å²) in [5, 5.41) is 9.91. The number of carbonyl (C=O) groups is 1. The van der Waals surface area contributed by atoms with E-state index < -0.39 is 0 Å². The van der Waals surface area contributed by atoms with Crippen molar-refractivity contribution in [2.75, 3.05) is 5.32 Å². The SMILES string of the molecule is Cc1cc(CNC2C(=O)Nc3ccccc32)no1. The van der Waals surface area contributed by atoms with Crippen molar-refractivity contribution in [2.45, 2.75) is 19.5 Å². The van der Waals surface area contributed by atoms with E-state index in [9.17, 15) is 4.79 Å². The average molecular weight is 243 g/mol. The molecule has 0 saturated heterocycles. The molecule has 1 amide bonds. The predicted molar refractivity (Wildman–Crippen MR) is 65.9 cm³/mol. The molecule has 5 nitrogen and oxygen atoms in total. The van der Waals surface area contributed by atoms with Crippen LogP contribution < -0.4 is 10.6 Å². The zero-order chi connectivity index (χ0) is 12.5. The molecule has 2 aromatic rings. The van der Waals surface area contributed by atoms with Gasteiger partial charge in [0.25, 0.3) is 0 Å². The highest BCUT2D eigenvalue weighted by atomic mass is 16.5. The van der Waals surface area contributed by atoms with E-state index in [1.165, 1.54) is 0 Å². The van der Waals surface area contributed by atoms with Gasteiger partial charge in [0, 0.05) is 23.9 Å². The van der Waals surface area contributed by atoms with Crippen LogP contribution in [0.15, 0.2) is 34.9 Å². The Balaban J connectivity index is 1.75. The smallest absolute Gasteiger partial charge is 0.246 e. The topological polar surface area (TPSA) is 67.2 Å². The number of rotatable bonds is 3. The summed E-state index contributed by atoms with van der Waals surface area (Å²) >= 11 is 0. The van der Waals surface area contributed by atoms with Crippen LogP contribution >= 0.6 is 0 Å². The molecule has 1 unspecified atom stereocenters. The van der Waals surface area contributed by atoms with Gasteiger partial charge in [0.15, 0.2) is 0 Å². The van der Waals surface area contributed by atoms with Crippen LogP contribution in [0.3, 0.4) is 0 Å². The van der Waals surface area contributed by atoms with Crippen LogP contribution in [0, 0.1) is 6.92 Å². The number of aryl methyl sites for hydroxylation is 1. The van der Waals surface area contributed by atoms with E-state index in [4.69, 9.17) is 4.52 Å². The van der Waals surface area contributed by atoms with E-state index in [0.29, 0.717) is 6.54 Å². The summed E-state index contributed by atoms with van der Waals surface area (Å²) in [6.45, 7) is 2.35. The van der Waals surface area contributed by atoms with Gasteiger partial charge < -0.3 is 9.84 Å². The molecule has 0 spiro atoms. The summed E-state index contributed by atoms with van der Waals surface area (Å²) in [5.41, 5.74) is 2.64. The fraction of sp³-hybridized carbons (Fsp3) is 0.231. The molecule has 0 aliphatic carbocycles. The Morgan fingerprint density at radius 2 is 2.28 bits per heavy atom. The van der Waals surface area contributed by atoms with Crippen LogP contribution in [0.1, 0.15) is 23.1 Å². The van der Waals surface area contributed by atoms with Crippen molar-refractivity contribution in [1.82, 2.24) is 10.5 Å². The van der Waals surface area contributed by atoms with E-state index in [0.717, 1.165) is 22.7 Å². The van der Waals surface area contributed by atoms with Crippen molar-refractivity contribution in [1.29, 1.82) is 0 Å². The maximum Gasteiger partial charge on any atom is 0.246 e. The van der Waals surface area contributed by atoms with Gasteiger partial charge in [0.2, 0.25) is 5.91 Å². The number of nitrogens with zero attached hydrogens (tertiary/aromatic N) is 1. The predicted octanol–water partition coefficient (Wildman–Crippen LogP) is 1.77. The second-order valence-corrected chi connectivity index (χ2v) is 4.32. The van der Waals surface area contributed by atoms with Crippen LogP contribution in [0.2, 0.25) is 0 Å². The average Bonchev–Trinajstić information content (AvgIpc) is 2.90. The first-order chi connectivity index (χ1) is 8.74. The third kappa shape index (κ3) is 1.89. The van der Waals surface area contributed by atoms with Crippen LogP contribution in [0.4, 0.5) is 5.69 Å². The maximum atomic E-state index is 11.8. The molecule has 92 valence electrons. The van der Waals surface area contributed by atoms with Crippen LogP contribution in [0.25, 0.3) is 0 Å². The quantitative estimate of drug-likeness (QED) is 0.862. The van der Waals surface area contributed by atoms with Crippen molar-refractivity contribution >= 4 is 11.6 Å². The molecule has 5 heteroatoms. The van der Waals surface area contributed by atoms with Crippen LogP contribution in [-0.4, -0.2) is 11.1 Å². The third-order valence-electron chi connectivity index (χ3n) is 2.96. The standard InChI is InChI=1S/C13H13N3O2/c1-8-6-9(16-18-8)7-14-12-10-4-2-3-5-11(10)15-13(12)17/h2-6,12,14H,7H2,1H3,(H,15,17). The largest absolute Gasteiger partial charge is 0.361 e. The highest BCUT2D eigenvalue weighted by molar-refractivity contribution is 6.02. The van der Waals surface area contributed by atoms with Gasteiger partial charge >= 0.3 is 0 Å². The summed E-state index contributed by atoms with van der Waals surface area (Å²) < 4.78 is 4.99. The minimum Gasteiger partial charge on any atom is -0.361 e. The van der Waals surface area contributed by atoms with Gasteiger partial charge in [-0.05, 0) is 13.0 Å². The fourth-order valence-corrected chi connectivity index (χ4v) is 2.12. The lowest BCUT2D eigenvalue weighted by molar-refractivity contribution is -0.117. The molecular weight excluding hydrogens is 230 g/mol. The first-order valence-corrected chi connectivity index (χ1v) is 5.79. The zero-order valence-corrected chi connectivity index (χ0v) is 9.93. The lowest BCUT2D eigenvalue weighted by Crippen LogP contribution is -2.27. The van der Waals surface area contributed by atoms with Gasteiger partial charge in [0.1, 0.15) is 11.8 Å². The molecule has 2 heterocycles. The lowest BCUT2D eigenvalue weighted by atomic mass is 10.1.